The number of hydrogen-bond donors (Lipinski definition) is 1. The summed E-state index contributed by atoms with van der Waals surface area (Å²) >= 11 is 6.00. The Morgan fingerprint density at radius 2 is 1.90 bits per heavy atom. The van der Waals surface area contributed by atoms with Crippen LogP contribution >= 0.6 is 11.6 Å². The Morgan fingerprint density at radius 1 is 1.10 bits per heavy atom. The van der Waals surface area contributed by atoms with Crippen molar-refractivity contribution < 1.29 is 9.21 Å². The van der Waals surface area contributed by atoms with Crippen LogP contribution in [0.25, 0.3) is 22.1 Å². The molecule has 0 fully saturated rings. The molecule has 0 radical (unpaired) electrons. The Morgan fingerprint density at radius 3 is 2.70 bits per heavy atom. The first kappa shape index (κ1) is 18.5. The third kappa shape index (κ3) is 3.25. The number of halogens is 1. The van der Waals surface area contributed by atoms with Crippen molar-refractivity contribution in [3.05, 3.63) is 89.0 Å². The van der Waals surface area contributed by atoms with Crippen LogP contribution in [-0.2, 0) is 20.1 Å². The fourth-order valence-corrected chi connectivity index (χ4v) is 3.84. The first-order chi connectivity index (χ1) is 14.6. The summed E-state index contributed by atoms with van der Waals surface area (Å²) in [5, 5.41) is 3.68. The molecule has 1 N–H and O–H groups in total. The largest absolute Gasteiger partial charge is 0.463 e. The quantitative estimate of drug-likeness (QED) is 0.448. The van der Waals surface area contributed by atoms with Crippen molar-refractivity contribution in [3.8, 4) is 0 Å². The number of rotatable bonds is 5. The molecule has 6 nitrogen and oxygen atoms in total. The van der Waals surface area contributed by atoms with E-state index in [4.69, 9.17) is 16.0 Å². The predicted octanol–water partition coefficient (Wildman–Crippen LogP) is 4.75. The lowest BCUT2D eigenvalue weighted by atomic mass is 10.2. The van der Waals surface area contributed by atoms with Crippen LogP contribution in [0, 0.1) is 0 Å². The highest BCUT2D eigenvalue weighted by Gasteiger charge is 2.18. The molecule has 0 bridgehead atoms. The minimum Gasteiger partial charge on any atom is -0.463 e. The molecule has 0 spiro atoms. The number of para-hydroxylation sites is 2. The molecular weight excluding hydrogens is 400 g/mol. The van der Waals surface area contributed by atoms with Gasteiger partial charge >= 0.3 is 0 Å². The number of nitrogens with zero attached hydrogens (tertiary/aromatic N) is 3. The summed E-state index contributed by atoms with van der Waals surface area (Å²) in [6.45, 7) is 0.868. The zero-order valence-corrected chi connectivity index (χ0v) is 17.1. The lowest BCUT2D eigenvalue weighted by Crippen LogP contribution is -2.26. The molecular formula is C23H19ClN4O2. The van der Waals surface area contributed by atoms with Gasteiger partial charge in [-0.25, -0.2) is 4.98 Å². The molecule has 5 aromatic rings. The fraction of sp³-hybridized carbons (Fsp3) is 0.130. The molecule has 0 saturated carbocycles. The molecule has 0 aliphatic heterocycles. The summed E-state index contributed by atoms with van der Waals surface area (Å²) in [5.41, 5.74) is 5.08. The molecule has 30 heavy (non-hydrogen) atoms. The van der Waals surface area contributed by atoms with Gasteiger partial charge in [-0.05, 0) is 29.8 Å². The third-order valence-corrected chi connectivity index (χ3v) is 5.55. The summed E-state index contributed by atoms with van der Waals surface area (Å²) in [6.07, 6.45) is 1.63. The highest BCUT2D eigenvalue weighted by molar-refractivity contribution is 6.30. The molecule has 3 aromatic heterocycles. The summed E-state index contributed by atoms with van der Waals surface area (Å²) in [5.74, 6) is 0.617. The van der Waals surface area contributed by atoms with Crippen molar-refractivity contribution in [2.24, 2.45) is 7.05 Å². The maximum absolute atomic E-state index is 13.0. The third-order valence-electron chi connectivity index (χ3n) is 5.30. The van der Waals surface area contributed by atoms with Gasteiger partial charge in [0.1, 0.15) is 11.5 Å². The van der Waals surface area contributed by atoms with E-state index >= 15 is 0 Å². The van der Waals surface area contributed by atoms with Crippen LogP contribution in [0.3, 0.4) is 0 Å². The summed E-state index contributed by atoms with van der Waals surface area (Å²) in [7, 11) is 1.95. The van der Waals surface area contributed by atoms with Gasteiger partial charge in [-0.15, -0.1) is 0 Å². The predicted molar refractivity (Wildman–Crippen MR) is 117 cm³/mol. The first-order valence-electron chi connectivity index (χ1n) is 9.60. The number of imidazole rings is 1. The number of fused-ring (bicyclic) bond motifs is 2. The van der Waals surface area contributed by atoms with Crippen LogP contribution in [0.5, 0.6) is 0 Å². The molecule has 3 heterocycles. The van der Waals surface area contributed by atoms with E-state index in [1.807, 2.05) is 70.8 Å². The molecule has 0 aliphatic carbocycles. The number of furan rings is 1. The molecule has 5 rings (SSSR count). The van der Waals surface area contributed by atoms with Crippen molar-refractivity contribution in [1.29, 1.82) is 0 Å². The standard InChI is InChI=1S/C23H19ClN4O2/c1-27-18-5-3-2-4-17(18)26-22(27)13-25-23(29)20-12-21-19(10-11-30-21)28(20)14-15-6-8-16(24)9-7-15/h2-12H,13-14H2,1H3,(H,25,29). The normalized spacial score (nSPS) is 11.4. The number of aryl methyl sites for hydroxylation is 1. The Balaban J connectivity index is 1.42. The van der Waals surface area contributed by atoms with E-state index in [0.717, 1.165) is 27.9 Å². The Labute approximate surface area is 177 Å². The van der Waals surface area contributed by atoms with Gasteiger partial charge in [-0.3, -0.25) is 4.79 Å². The topological polar surface area (TPSA) is 65.0 Å². The summed E-state index contributed by atoms with van der Waals surface area (Å²) < 4.78 is 9.47. The zero-order chi connectivity index (χ0) is 20.7. The zero-order valence-electron chi connectivity index (χ0n) is 16.3. The highest BCUT2D eigenvalue weighted by atomic mass is 35.5. The van der Waals surface area contributed by atoms with E-state index < -0.39 is 0 Å². The van der Waals surface area contributed by atoms with Crippen molar-refractivity contribution in [2.75, 3.05) is 0 Å². The molecule has 1 amide bonds. The number of benzene rings is 2. The number of hydrogen-bond acceptors (Lipinski definition) is 3. The monoisotopic (exact) mass is 418 g/mol. The number of amides is 1. The SMILES string of the molecule is Cn1c(CNC(=O)c2cc3occc3n2Cc2ccc(Cl)cc2)nc2ccccc21. The van der Waals surface area contributed by atoms with E-state index in [2.05, 4.69) is 10.3 Å². The van der Waals surface area contributed by atoms with Crippen LogP contribution in [0.4, 0.5) is 0 Å². The Bertz CT molecular complexity index is 1360. The van der Waals surface area contributed by atoms with Crippen LogP contribution < -0.4 is 5.32 Å². The van der Waals surface area contributed by atoms with Gasteiger partial charge in [0.25, 0.3) is 5.91 Å². The first-order valence-corrected chi connectivity index (χ1v) is 9.97. The van der Waals surface area contributed by atoms with Gasteiger partial charge in [0.2, 0.25) is 0 Å². The molecule has 0 aliphatic rings. The maximum Gasteiger partial charge on any atom is 0.268 e. The van der Waals surface area contributed by atoms with E-state index in [9.17, 15) is 4.79 Å². The Hall–Kier alpha value is -3.51. The Kier molecular flexibility index (Phi) is 4.56. The minimum absolute atomic E-state index is 0.178. The average molecular weight is 419 g/mol. The van der Waals surface area contributed by atoms with Crippen LogP contribution in [-0.4, -0.2) is 20.0 Å². The van der Waals surface area contributed by atoms with Gasteiger partial charge in [-0.2, -0.15) is 0 Å². The molecule has 2 aromatic carbocycles. The summed E-state index contributed by atoms with van der Waals surface area (Å²) in [6, 6.07) is 19.2. The second-order valence-electron chi connectivity index (χ2n) is 7.17. The van der Waals surface area contributed by atoms with Gasteiger partial charge < -0.3 is 18.9 Å². The van der Waals surface area contributed by atoms with Gasteiger partial charge in [0.05, 0.1) is 29.4 Å². The van der Waals surface area contributed by atoms with E-state index in [1.54, 1.807) is 12.3 Å². The van der Waals surface area contributed by atoms with E-state index in [-0.39, 0.29) is 5.91 Å². The van der Waals surface area contributed by atoms with Gasteiger partial charge in [0.15, 0.2) is 5.58 Å². The number of aromatic nitrogens is 3. The van der Waals surface area contributed by atoms with Crippen molar-refractivity contribution in [2.45, 2.75) is 13.1 Å². The summed E-state index contributed by atoms with van der Waals surface area (Å²) in [4.78, 5) is 17.7. The average Bonchev–Trinajstić information content (AvgIpc) is 3.43. The van der Waals surface area contributed by atoms with Crippen molar-refractivity contribution in [1.82, 2.24) is 19.4 Å². The highest BCUT2D eigenvalue weighted by Crippen LogP contribution is 2.23. The lowest BCUT2D eigenvalue weighted by Gasteiger charge is -2.11. The molecule has 0 atom stereocenters. The van der Waals surface area contributed by atoms with Crippen LogP contribution in [0.1, 0.15) is 21.9 Å². The van der Waals surface area contributed by atoms with Gasteiger partial charge in [-0.1, -0.05) is 35.9 Å². The molecule has 7 heteroatoms. The second kappa shape index (κ2) is 7.39. The van der Waals surface area contributed by atoms with Crippen molar-refractivity contribution >= 4 is 39.6 Å². The molecule has 0 unspecified atom stereocenters. The molecule has 0 saturated heterocycles. The smallest absolute Gasteiger partial charge is 0.268 e. The lowest BCUT2D eigenvalue weighted by molar-refractivity contribution is 0.0941. The van der Waals surface area contributed by atoms with E-state index in [0.29, 0.717) is 29.4 Å². The van der Waals surface area contributed by atoms with Crippen LogP contribution in [0.2, 0.25) is 5.02 Å². The molecule has 150 valence electrons. The van der Waals surface area contributed by atoms with Gasteiger partial charge in [0, 0.05) is 30.7 Å². The minimum atomic E-state index is -0.178. The number of carbonyl (C=O) groups excluding carboxylic acids is 1. The number of carbonyl (C=O) groups is 1. The number of nitrogens with one attached hydrogen (secondary N) is 1. The maximum atomic E-state index is 13.0. The van der Waals surface area contributed by atoms with E-state index in [1.165, 1.54) is 0 Å². The fourth-order valence-electron chi connectivity index (χ4n) is 3.71. The van der Waals surface area contributed by atoms with Crippen molar-refractivity contribution in [3.63, 3.8) is 0 Å². The van der Waals surface area contributed by atoms with Crippen LogP contribution in [0.15, 0.2) is 71.3 Å². The second-order valence-corrected chi connectivity index (χ2v) is 7.61.